The van der Waals surface area contributed by atoms with E-state index in [9.17, 15) is 28.3 Å². The summed E-state index contributed by atoms with van der Waals surface area (Å²) in [5.41, 5.74) is -2.65. The van der Waals surface area contributed by atoms with Crippen LogP contribution in [0.2, 0.25) is 0 Å². The van der Waals surface area contributed by atoms with E-state index < -0.39 is 40.7 Å². The van der Waals surface area contributed by atoms with Gasteiger partial charge in [-0.2, -0.15) is 0 Å². The summed E-state index contributed by atoms with van der Waals surface area (Å²) >= 11 is 0. The molecular formula is C22H29F2N3O5. The predicted molar refractivity (Wildman–Crippen MR) is 110 cm³/mol. The van der Waals surface area contributed by atoms with Gasteiger partial charge in [0, 0.05) is 44.7 Å². The highest BCUT2D eigenvalue weighted by Crippen LogP contribution is 2.29. The van der Waals surface area contributed by atoms with Gasteiger partial charge in [0.2, 0.25) is 5.60 Å². The molecule has 3 rings (SSSR count). The second-order valence-corrected chi connectivity index (χ2v) is 9.27. The van der Waals surface area contributed by atoms with E-state index in [0.29, 0.717) is 32.0 Å². The predicted octanol–water partition coefficient (Wildman–Crippen LogP) is 1.94. The van der Waals surface area contributed by atoms with Gasteiger partial charge in [0.1, 0.15) is 17.2 Å². The molecule has 0 unspecified atom stereocenters. The van der Waals surface area contributed by atoms with Crippen molar-refractivity contribution < 1.29 is 33.0 Å². The van der Waals surface area contributed by atoms with E-state index in [1.165, 1.54) is 4.90 Å². The Morgan fingerprint density at radius 2 is 1.75 bits per heavy atom. The topological polar surface area (TPSA) is 99.2 Å². The van der Waals surface area contributed by atoms with Crippen LogP contribution in [0.4, 0.5) is 13.6 Å². The van der Waals surface area contributed by atoms with Gasteiger partial charge in [-0.1, -0.05) is 0 Å². The van der Waals surface area contributed by atoms with Crippen molar-refractivity contribution in [2.24, 2.45) is 0 Å². The van der Waals surface area contributed by atoms with Crippen LogP contribution in [0, 0.1) is 11.6 Å². The van der Waals surface area contributed by atoms with E-state index in [2.05, 4.69) is 5.32 Å². The Morgan fingerprint density at radius 3 is 2.31 bits per heavy atom. The average Bonchev–Trinajstić information content (AvgIpc) is 3.00. The molecule has 0 radical (unpaired) electrons. The standard InChI is InChI=1S/C22H29F2N3O5/c1-21(2,3)32-20(30)26-7-4-17(5-8-26)27-9-6-22(31,19(27)29)18(28)25-13-14-10-15(23)12-16(24)11-14/h10-12,17,31H,4-9,13H2,1-3H3,(H,25,28)/t22-/m1/s1. The summed E-state index contributed by atoms with van der Waals surface area (Å²) in [6.07, 6.45) is 0.520. The minimum Gasteiger partial charge on any atom is -0.444 e. The second-order valence-electron chi connectivity index (χ2n) is 9.27. The molecule has 0 spiro atoms. The number of benzene rings is 1. The van der Waals surface area contributed by atoms with E-state index in [-0.39, 0.29) is 31.1 Å². The van der Waals surface area contributed by atoms with Gasteiger partial charge in [-0.25, -0.2) is 13.6 Å². The van der Waals surface area contributed by atoms with Crippen LogP contribution in [0.25, 0.3) is 0 Å². The Hall–Kier alpha value is -2.75. The van der Waals surface area contributed by atoms with E-state index in [1.807, 2.05) is 0 Å². The van der Waals surface area contributed by atoms with Crippen LogP contribution in [0.1, 0.15) is 45.6 Å². The quantitative estimate of drug-likeness (QED) is 0.679. The van der Waals surface area contributed by atoms with Crippen molar-refractivity contribution in [3.05, 3.63) is 35.4 Å². The highest BCUT2D eigenvalue weighted by molar-refractivity contribution is 6.09. The van der Waals surface area contributed by atoms with Crippen LogP contribution in [-0.4, -0.2) is 69.7 Å². The van der Waals surface area contributed by atoms with E-state index >= 15 is 0 Å². The number of hydrogen-bond donors (Lipinski definition) is 2. The molecule has 3 amide bonds. The van der Waals surface area contributed by atoms with Crippen molar-refractivity contribution in [1.82, 2.24) is 15.1 Å². The number of carbonyl (C=O) groups excluding carboxylic acids is 3. The first-order valence-corrected chi connectivity index (χ1v) is 10.6. The minimum absolute atomic E-state index is 0.0819. The van der Waals surface area contributed by atoms with Crippen molar-refractivity contribution in [2.75, 3.05) is 19.6 Å². The highest BCUT2D eigenvalue weighted by Gasteiger charge is 2.53. The van der Waals surface area contributed by atoms with Crippen LogP contribution in [0.15, 0.2) is 18.2 Å². The summed E-state index contributed by atoms with van der Waals surface area (Å²) in [4.78, 5) is 40.7. The van der Waals surface area contributed by atoms with Gasteiger partial charge in [0.05, 0.1) is 0 Å². The summed E-state index contributed by atoms with van der Waals surface area (Å²) in [6.45, 7) is 6.15. The zero-order valence-corrected chi connectivity index (χ0v) is 18.5. The summed E-state index contributed by atoms with van der Waals surface area (Å²) in [5.74, 6) is -3.17. The van der Waals surface area contributed by atoms with Gasteiger partial charge in [-0.15, -0.1) is 0 Å². The zero-order chi connectivity index (χ0) is 23.7. The molecule has 0 aliphatic carbocycles. The molecule has 1 aromatic rings. The van der Waals surface area contributed by atoms with Crippen molar-refractivity contribution in [3.8, 4) is 0 Å². The number of hydrogen-bond acceptors (Lipinski definition) is 5. The van der Waals surface area contributed by atoms with Crippen molar-refractivity contribution in [1.29, 1.82) is 0 Å². The molecule has 32 heavy (non-hydrogen) atoms. The lowest BCUT2D eigenvalue weighted by Gasteiger charge is -2.37. The summed E-state index contributed by atoms with van der Waals surface area (Å²) in [6, 6.07) is 2.63. The molecule has 2 aliphatic rings. The second kappa shape index (κ2) is 9.01. The molecule has 10 heteroatoms. The minimum atomic E-state index is -2.23. The monoisotopic (exact) mass is 453 g/mol. The molecular weight excluding hydrogens is 424 g/mol. The fourth-order valence-electron chi connectivity index (χ4n) is 4.02. The summed E-state index contributed by atoms with van der Waals surface area (Å²) < 4.78 is 32.0. The van der Waals surface area contributed by atoms with Crippen LogP contribution in [0.3, 0.4) is 0 Å². The maximum atomic E-state index is 13.3. The van der Waals surface area contributed by atoms with Gasteiger partial charge in [-0.05, 0) is 51.3 Å². The number of likely N-dealkylation sites (tertiary alicyclic amines) is 2. The Kier molecular flexibility index (Phi) is 6.73. The number of aliphatic hydroxyl groups is 1. The SMILES string of the molecule is CC(C)(C)OC(=O)N1CCC(N2CC[C@@](O)(C(=O)NCc3cc(F)cc(F)c3)C2=O)CC1. The smallest absolute Gasteiger partial charge is 0.410 e. The molecule has 0 saturated carbocycles. The van der Waals surface area contributed by atoms with Crippen molar-refractivity contribution in [3.63, 3.8) is 0 Å². The normalized spacial score (nSPS) is 22.2. The van der Waals surface area contributed by atoms with Crippen molar-refractivity contribution >= 4 is 17.9 Å². The molecule has 1 atom stereocenters. The third kappa shape index (κ3) is 5.35. The first-order valence-electron chi connectivity index (χ1n) is 10.6. The van der Waals surface area contributed by atoms with E-state index in [4.69, 9.17) is 4.74 Å². The third-order valence-electron chi connectivity index (χ3n) is 5.64. The molecule has 176 valence electrons. The number of halogens is 2. The highest BCUT2D eigenvalue weighted by atomic mass is 19.1. The Morgan fingerprint density at radius 1 is 1.16 bits per heavy atom. The van der Waals surface area contributed by atoms with Crippen LogP contribution in [-0.2, 0) is 20.9 Å². The maximum Gasteiger partial charge on any atom is 0.410 e. The molecule has 8 nitrogen and oxygen atoms in total. The van der Waals surface area contributed by atoms with Gasteiger partial charge < -0.3 is 25.0 Å². The number of carbonyl (C=O) groups is 3. The molecule has 0 bridgehead atoms. The summed E-state index contributed by atoms with van der Waals surface area (Å²) in [5, 5.41) is 13.1. The molecule has 2 saturated heterocycles. The van der Waals surface area contributed by atoms with E-state index in [0.717, 1.165) is 12.1 Å². The molecule has 2 aliphatic heterocycles. The van der Waals surface area contributed by atoms with Gasteiger partial charge in [0.25, 0.3) is 11.8 Å². The Bertz CT molecular complexity index is 876. The first kappa shape index (κ1) is 23.9. The molecule has 1 aromatic carbocycles. The van der Waals surface area contributed by atoms with Gasteiger partial charge >= 0.3 is 6.09 Å². The lowest BCUT2D eigenvalue weighted by Crippen LogP contribution is -2.55. The molecule has 0 aromatic heterocycles. The maximum absolute atomic E-state index is 13.3. The molecule has 2 N–H and O–H groups in total. The third-order valence-corrected chi connectivity index (χ3v) is 5.64. The number of ether oxygens (including phenoxy) is 1. The number of nitrogens with one attached hydrogen (secondary N) is 1. The fourth-order valence-corrected chi connectivity index (χ4v) is 4.02. The van der Waals surface area contributed by atoms with E-state index in [1.54, 1.807) is 25.7 Å². The average molecular weight is 453 g/mol. The van der Waals surface area contributed by atoms with Gasteiger partial charge in [-0.3, -0.25) is 9.59 Å². The number of piperidine rings is 1. The Balaban J connectivity index is 1.55. The number of rotatable bonds is 4. The first-order chi connectivity index (χ1) is 14.9. The number of nitrogens with zero attached hydrogens (tertiary/aromatic N) is 2. The number of amides is 3. The Labute approximate surface area is 185 Å². The largest absolute Gasteiger partial charge is 0.444 e. The van der Waals surface area contributed by atoms with Gasteiger partial charge in [0.15, 0.2) is 0 Å². The fraction of sp³-hybridized carbons (Fsp3) is 0.591. The van der Waals surface area contributed by atoms with Crippen LogP contribution in [0.5, 0.6) is 0 Å². The molecule has 2 fully saturated rings. The molecule has 2 heterocycles. The van der Waals surface area contributed by atoms with Crippen LogP contribution < -0.4 is 5.32 Å². The zero-order valence-electron chi connectivity index (χ0n) is 18.5. The lowest BCUT2D eigenvalue weighted by molar-refractivity contribution is -0.155. The van der Waals surface area contributed by atoms with Crippen molar-refractivity contribution in [2.45, 2.75) is 63.8 Å². The van der Waals surface area contributed by atoms with Crippen LogP contribution >= 0.6 is 0 Å². The lowest BCUT2D eigenvalue weighted by atomic mass is 10.00. The summed E-state index contributed by atoms with van der Waals surface area (Å²) in [7, 11) is 0.